The van der Waals surface area contributed by atoms with Crippen LogP contribution in [0.1, 0.15) is 0 Å². The highest BCUT2D eigenvalue weighted by molar-refractivity contribution is 7.22. The van der Waals surface area contributed by atoms with E-state index in [0.29, 0.717) is 11.4 Å². The molecule has 3 aromatic rings. The summed E-state index contributed by atoms with van der Waals surface area (Å²) < 4.78 is 6.34. The van der Waals surface area contributed by atoms with Crippen LogP contribution in [0.4, 0.5) is 5.69 Å². The molecule has 0 saturated heterocycles. The Hall–Kier alpha value is -1.81. The maximum atomic E-state index is 5.74. The van der Waals surface area contributed by atoms with E-state index in [4.69, 9.17) is 10.3 Å². The van der Waals surface area contributed by atoms with E-state index in [0.717, 1.165) is 4.88 Å². The number of anilines is 1. The highest BCUT2D eigenvalue weighted by atomic mass is 32.1. The Bertz CT molecular complexity index is 579. The van der Waals surface area contributed by atoms with Gasteiger partial charge in [-0.3, -0.25) is 0 Å². The van der Waals surface area contributed by atoms with E-state index in [9.17, 15) is 0 Å². The largest absolute Gasteiger partial charge is 0.394 e. The Labute approximate surface area is 90.1 Å². The molecule has 0 amide bonds. The van der Waals surface area contributed by atoms with Crippen LogP contribution < -0.4 is 5.73 Å². The first-order valence-electron chi connectivity index (χ1n) is 4.54. The number of thiophene rings is 1. The molecule has 4 heteroatoms. The lowest BCUT2D eigenvalue weighted by Crippen LogP contribution is -1.81. The van der Waals surface area contributed by atoms with Crippen LogP contribution in [0.5, 0.6) is 0 Å². The number of hydrogen-bond acceptors (Lipinski definition) is 4. The van der Waals surface area contributed by atoms with Crippen molar-refractivity contribution in [3.05, 3.63) is 36.5 Å². The Kier molecular flexibility index (Phi) is 1.76. The molecule has 0 atom stereocenters. The van der Waals surface area contributed by atoms with E-state index in [1.54, 1.807) is 11.3 Å². The third-order valence-electron chi connectivity index (χ3n) is 2.25. The van der Waals surface area contributed by atoms with E-state index in [2.05, 4.69) is 23.4 Å². The molecule has 0 fully saturated rings. The third-order valence-corrected chi connectivity index (χ3v) is 3.36. The predicted octanol–water partition coefficient (Wildman–Crippen LogP) is 3.14. The monoisotopic (exact) mass is 216 g/mol. The first-order chi connectivity index (χ1) is 7.34. The van der Waals surface area contributed by atoms with Crippen molar-refractivity contribution in [1.82, 2.24) is 5.16 Å². The van der Waals surface area contributed by atoms with Gasteiger partial charge in [0.15, 0.2) is 5.76 Å². The van der Waals surface area contributed by atoms with Gasteiger partial charge in [-0.1, -0.05) is 23.4 Å². The Morgan fingerprint density at radius 3 is 2.87 bits per heavy atom. The predicted molar refractivity (Wildman–Crippen MR) is 61.7 cm³/mol. The van der Waals surface area contributed by atoms with Crippen LogP contribution in [0.25, 0.3) is 20.7 Å². The van der Waals surface area contributed by atoms with E-state index in [-0.39, 0.29) is 0 Å². The van der Waals surface area contributed by atoms with Crippen molar-refractivity contribution in [3.8, 4) is 10.6 Å². The average Bonchev–Trinajstić information content (AvgIpc) is 2.82. The van der Waals surface area contributed by atoms with Gasteiger partial charge in [-0.05, 0) is 17.5 Å². The fraction of sp³-hybridized carbons (Fsp3) is 0. The molecular formula is C11H8N2OS. The number of aromatic nitrogens is 1. The van der Waals surface area contributed by atoms with Crippen LogP contribution in [-0.2, 0) is 0 Å². The van der Waals surface area contributed by atoms with Crippen LogP contribution in [0.15, 0.2) is 41.1 Å². The maximum Gasteiger partial charge on any atom is 0.199 e. The van der Waals surface area contributed by atoms with E-state index >= 15 is 0 Å². The molecule has 3 nitrogen and oxygen atoms in total. The van der Waals surface area contributed by atoms with Crippen LogP contribution in [0.2, 0.25) is 0 Å². The zero-order chi connectivity index (χ0) is 10.3. The highest BCUT2D eigenvalue weighted by Crippen LogP contribution is 2.35. The average molecular weight is 216 g/mol. The zero-order valence-corrected chi connectivity index (χ0v) is 8.62. The number of nitrogens with two attached hydrogens (primary N) is 1. The molecule has 0 saturated carbocycles. The standard InChI is InChI=1S/C11H8N2OS/c12-8-6-13-14-11(8)10-5-7-3-1-2-4-9(7)15-10/h1-6H,12H2. The smallest absolute Gasteiger partial charge is 0.199 e. The minimum Gasteiger partial charge on any atom is -0.394 e. The molecule has 0 bridgehead atoms. The minimum absolute atomic E-state index is 0.585. The fourth-order valence-corrected chi connectivity index (χ4v) is 2.59. The molecule has 2 N–H and O–H groups in total. The number of fused-ring (bicyclic) bond motifs is 1. The van der Waals surface area contributed by atoms with Crippen molar-refractivity contribution in [2.75, 3.05) is 5.73 Å². The van der Waals surface area contributed by atoms with Crippen LogP contribution in [0, 0.1) is 0 Å². The van der Waals surface area contributed by atoms with Crippen molar-refractivity contribution in [2.24, 2.45) is 0 Å². The summed E-state index contributed by atoms with van der Waals surface area (Å²) in [7, 11) is 0. The normalized spacial score (nSPS) is 10.9. The fourth-order valence-electron chi connectivity index (χ4n) is 1.53. The highest BCUT2D eigenvalue weighted by Gasteiger charge is 2.10. The Balaban J connectivity index is 2.24. The molecule has 0 spiro atoms. The van der Waals surface area contributed by atoms with Gasteiger partial charge < -0.3 is 10.3 Å². The summed E-state index contributed by atoms with van der Waals surface area (Å²) >= 11 is 1.66. The topological polar surface area (TPSA) is 52.0 Å². The molecule has 1 aromatic carbocycles. The van der Waals surface area contributed by atoms with Gasteiger partial charge in [0.1, 0.15) is 5.69 Å². The molecule has 0 unspecified atom stereocenters. The zero-order valence-electron chi connectivity index (χ0n) is 7.81. The molecular weight excluding hydrogens is 208 g/mol. The number of nitrogens with zero attached hydrogens (tertiary/aromatic N) is 1. The third kappa shape index (κ3) is 1.30. The molecule has 2 heterocycles. The van der Waals surface area contributed by atoms with Gasteiger partial charge in [0, 0.05) is 4.70 Å². The van der Waals surface area contributed by atoms with Gasteiger partial charge >= 0.3 is 0 Å². The summed E-state index contributed by atoms with van der Waals surface area (Å²) in [6.45, 7) is 0. The lowest BCUT2D eigenvalue weighted by atomic mass is 10.2. The lowest BCUT2D eigenvalue weighted by Gasteiger charge is -1.88. The second-order valence-electron chi connectivity index (χ2n) is 3.26. The number of hydrogen-bond donors (Lipinski definition) is 1. The van der Waals surface area contributed by atoms with Gasteiger partial charge in [-0.25, -0.2) is 0 Å². The lowest BCUT2D eigenvalue weighted by molar-refractivity contribution is 0.433. The first kappa shape index (κ1) is 8.49. The quantitative estimate of drug-likeness (QED) is 0.679. The maximum absolute atomic E-state index is 5.74. The molecule has 0 radical (unpaired) electrons. The van der Waals surface area contributed by atoms with Gasteiger partial charge in [-0.15, -0.1) is 11.3 Å². The van der Waals surface area contributed by atoms with Crippen LogP contribution in [-0.4, -0.2) is 5.16 Å². The molecule has 2 aromatic heterocycles. The van der Waals surface area contributed by atoms with Gasteiger partial charge in [0.2, 0.25) is 0 Å². The van der Waals surface area contributed by atoms with Crippen molar-refractivity contribution in [1.29, 1.82) is 0 Å². The van der Waals surface area contributed by atoms with Crippen LogP contribution in [0.3, 0.4) is 0 Å². The van der Waals surface area contributed by atoms with E-state index in [1.165, 1.54) is 16.3 Å². The van der Waals surface area contributed by atoms with Gasteiger partial charge in [-0.2, -0.15) is 0 Å². The molecule has 0 aliphatic carbocycles. The van der Waals surface area contributed by atoms with Crippen molar-refractivity contribution < 1.29 is 4.52 Å². The molecule has 74 valence electrons. The number of benzene rings is 1. The van der Waals surface area contributed by atoms with Crippen molar-refractivity contribution in [3.63, 3.8) is 0 Å². The molecule has 0 aliphatic heterocycles. The second kappa shape index (κ2) is 3.10. The van der Waals surface area contributed by atoms with Crippen molar-refractivity contribution >= 4 is 27.1 Å². The van der Waals surface area contributed by atoms with Crippen molar-refractivity contribution in [2.45, 2.75) is 0 Å². The molecule has 15 heavy (non-hydrogen) atoms. The number of rotatable bonds is 1. The van der Waals surface area contributed by atoms with Gasteiger partial charge in [0.05, 0.1) is 11.1 Å². The van der Waals surface area contributed by atoms with E-state index in [1.807, 2.05) is 12.1 Å². The Morgan fingerprint density at radius 2 is 2.13 bits per heavy atom. The second-order valence-corrected chi connectivity index (χ2v) is 4.34. The van der Waals surface area contributed by atoms with E-state index < -0.39 is 0 Å². The number of nitrogen functional groups attached to an aromatic ring is 1. The summed E-state index contributed by atoms with van der Waals surface area (Å²) in [6.07, 6.45) is 1.53. The SMILES string of the molecule is Nc1cnoc1-c1cc2ccccc2s1. The summed E-state index contributed by atoms with van der Waals surface area (Å²) in [5.74, 6) is 0.663. The summed E-state index contributed by atoms with van der Waals surface area (Å²) in [6, 6.07) is 10.3. The van der Waals surface area contributed by atoms with Crippen LogP contribution >= 0.6 is 11.3 Å². The molecule has 3 rings (SSSR count). The minimum atomic E-state index is 0.585. The van der Waals surface area contributed by atoms with Gasteiger partial charge in [0.25, 0.3) is 0 Å². The Morgan fingerprint density at radius 1 is 1.27 bits per heavy atom. The molecule has 0 aliphatic rings. The summed E-state index contributed by atoms with van der Waals surface area (Å²) in [5.41, 5.74) is 6.33. The summed E-state index contributed by atoms with van der Waals surface area (Å²) in [5, 5.41) is 4.88. The summed E-state index contributed by atoms with van der Waals surface area (Å²) in [4.78, 5) is 1.02. The first-order valence-corrected chi connectivity index (χ1v) is 5.35.